The van der Waals surface area contributed by atoms with Crippen LogP contribution >= 0.6 is 0 Å². The predicted molar refractivity (Wildman–Crippen MR) is 131 cm³/mol. The average Bonchev–Trinajstić information content (AvgIpc) is 3.33. The number of amides is 2. The van der Waals surface area contributed by atoms with Crippen LogP contribution in [-0.2, 0) is 13.0 Å². The number of urea groups is 1. The van der Waals surface area contributed by atoms with Crippen molar-refractivity contribution >= 4 is 17.7 Å². The van der Waals surface area contributed by atoms with Crippen LogP contribution in [0.2, 0.25) is 0 Å². The number of rotatable bonds is 8. The lowest BCUT2D eigenvalue weighted by atomic mass is 10.1. The Labute approximate surface area is 191 Å². The Morgan fingerprint density at radius 2 is 1.94 bits per heavy atom. The maximum absolute atomic E-state index is 12.3. The number of anilines is 1. The van der Waals surface area contributed by atoms with Crippen LogP contribution in [-0.4, -0.2) is 50.2 Å². The third kappa shape index (κ3) is 6.90. The summed E-state index contributed by atoms with van der Waals surface area (Å²) >= 11 is 0. The highest BCUT2D eigenvalue weighted by Crippen LogP contribution is 2.20. The molecule has 1 aliphatic rings. The molecule has 3 N–H and O–H groups in total. The third-order valence-corrected chi connectivity index (χ3v) is 5.46. The number of nitrogens with zero attached hydrogens (tertiary/aromatic N) is 2. The summed E-state index contributed by atoms with van der Waals surface area (Å²) in [6, 6.07) is 14.1. The Kier molecular flexibility index (Phi) is 8.78. The van der Waals surface area contributed by atoms with Crippen LogP contribution in [0.5, 0.6) is 5.75 Å². The summed E-state index contributed by atoms with van der Waals surface area (Å²) in [6.07, 6.45) is 3.01. The minimum Gasteiger partial charge on any atom is -0.496 e. The van der Waals surface area contributed by atoms with Gasteiger partial charge in [-0.3, -0.25) is 0 Å². The highest BCUT2D eigenvalue weighted by atomic mass is 16.5. The van der Waals surface area contributed by atoms with Crippen molar-refractivity contribution in [1.29, 1.82) is 0 Å². The number of methoxy groups -OCH3 is 1. The number of likely N-dealkylation sites (tertiary alicyclic amines) is 1. The molecular formula is C25H35N5O2. The molecule has 1 fully saturated rings. The van der Waals surface area contributed by atoms with Crippen LogP contribution < -0.4 is 20.7 Å². The summed E-state index contributed by atoms with van der Waals surface area (Å²) in [5, 5.41) is 9.70. The third-order valence-electron chi connectivity index (χ3n) is 5.46. The molecule has 0 radical (unpaired) electrons. The fourth-order valence-corrected chi connectivity index (χ4v) is 3.80. The summed E-state index contributed by atoms with van der Waals surface area (Å²) in [5.74, 6) is 1.68. The maximum atomic E-state index is 12.3. The first-order chi connectivity index (χ1) is 15.6. The topological polar surface area (TPSA) is 78.0 Å². The number of aliphatic imine (C=N–C) groups is 1. The van der Waals surface area contributed by atoms with Gasteiger partial charge in [-0.1, -0.05) is 29.8 Å². The second-order valence-electron chi connectivity index (χ2n) is 8.01. The van der Waals surface area contributed by atoms with Crippen molar-refractivity contribution in [2.24, 2.45) is 4.99 Å². The number of guanidine groups is 1. The van der Waals surface area contributed by atoms with Gasteiger partial charge in [-0.2, -0.15) is 0 Å². The number of hydrogen-bond acceptors (Lipinski definition) is 3. The van der Waals surface area contributed by atoms with Crippen molar-refractivity contribution in [3.63, 3.8) is 0 Å². The molecule has 2 aromatic rings. The number of hydrogen-bond donors (Lipinski definition) is 3. The average molecular weight is 438 g/mol. The van der Waals surface area contributed by atoms with Gasteiger partial charge in [-0.15, -0.1) is 0 Å². The lowest BCUT2D eigenvalue weighted by molar-refractivity contribution is 0.222. The van der Waals surface area contributed by atoms with Crippen LogP contribution in [0.4, 0.5) is 10.5 Å². The van der Waals surface area contributed by atoms with Crippen molar-refractivity contribution in [1.82, 2.24) is 15.5 Å². The number of ether oxygens (including phenoxy) is 1. The highest BCUT2D eigenvalue weighted by Gasteiger charge is 2.17. The van der Waals surface area contributed by atoms with E-state index in [9.17, 15) is 4.79 Å². The summed E-state index contributed by atoms with van der Waals surface area (Å²) in [5.41, 5.74) is 4.25. The number of carbonyl (C=O) groups excluding carboxylic acids is 1. The largest absolute Gasteiger partial charge is 0.496 e. The van der Waals surface area contributed by atoms with Crippen molar-refractivity contribution in [3.8, 4) is 5.75 Å². The maximum Gasteiger partial charge on any atom is 0.321 e. The van der Waals surface area contributed by atoms with E-state index in [1.54, 1.807) is 7.11 Å². The van der Waals surface area contributed by atoms with Gasteiger partial charge in [-0.25, -0.2) is 9.79 Å². The zero-order valence-electron chi connectivity index (χ0n) is 19.4. The zero-order valence-corrected chi connectivity index (χ0v) is 19.4. The molecule has 2 amide bonds. The van der Waals surface area contributed by atoms with E-state index >= 15 is 0 Å². The number of nitrogens with one attached hydrogen (secondary N) is 3. The fourth-order valence-electron chi connectivity index (χ4n) is 3.80. The van der Waals surface area contributed by atoms with Gasteiger partial charge in [0.2, 0.25) is 0 Å². The lowest BCUT2D eigenvalue weighted by Crippen LogP contribution is -2.38. The van der Waals surface area contributed by atoms with E-state index in [0.29, 0.717) is 6.54 Å². The summed E-state index contributed by atoms with van der Waals surface area (Å²) < 4.78 is 5.48. The molecule has 1 saturated heterocycles. The van der Waals surface area contributed by atoms with E-state index < -0.39 is 0 Å². The van der Waals surface area contributed by atoms with Gasteiger partial charge in [0, 0.05) is 31.9 Å². The molecule has 0 spiro atoms. The molecule has 172 valence electrons. The van der Waals surface area contributed by atoms with Gasteiger partial charge in [0.05, 0.1) is 13.7 Å². The first-order valence-electron chi connectivity index (χ1n) is 11.4. The van der Waals surface area contributed by atoms with Gasteiger partial charge < -0.3 is 25.6 Å². The number of carbonyl (C=O) groups is 1. The second-order valence-corrected chi connectivity index (χ2v) is 8.01. The Hall–Kier alpha value is -3.22. The minimum absolute atomic E-state index is 0.0234. The summed E-state index contributed by atoms with van der Waals surface area (Å²) in [7, 11) is 1.70. The predicted octanol–water partition coefficient (Wildman–Crippen LogP) is 3.93. The smallest absolute Gasteiger partial charge is 0.321 e. The van der Waals surface area contributed by atoms with Crippen LogP contribution in [0.1, 0.15) is 36.5 Å². The van der Waals surface area contributed by atoms with E-state index in [1.165, 1.54) is 11.1 Å². The minimum atomic E-state index is -0.0234. The number of aryl methyl sites for hydroxylation is 1. The zero-order chi connectivity index (χ0) is 22.8. The van der Waals surface area contributed by atoms with Crippen LogP contribution in [0.25, 0.3) is 0 Å². The van der Waals surface area contributed by atoms with E-state index in [1.807, 2.05) is 35.2 Å². The van der Waals surface area contributed by atoms with Crippen molar-refractivity contribution in [3.05, 3.63) is 59.2 Å². The van der Waals surface area contributed by atoms with Gasteiger partial charge in [0.25, 0.3) is 0 Å². The highest BCUT2D eigenvalue weighted by molar-refractivity contribution is 5.89. The molecule has 0 aromatic heterocycles. The summed E-state index contributed by atoms with van der Waals surface area (Å²) in [4.78, 5) is 18.9. The first kappa shape index (κ1) is 23.4. The second kappa shape index (κ2) is 12.0. The van der Waals surface area contributed by atoms with E-state index in [0.717, 1.165) is 68.4 Å². The van der Waals surface area contributed by atoms with Gasteiger partial charge in [0.1, 0.15) is 5.75 Å². The molecule has 32 heavy (non-hydrogen) atoms. The Bertz CT molecular complexity index is 922. The molecule has 7 heteroatoms. The Balaban J connectivity index is 1.56. The molecule has 0 saturated carbocycles. The molecular weight excluding hydrogens is 402 g/mol. The molecule has 0 unspecified atom stereocenters. The molecule has 1 heterocycles. The van der Waals surface area contributed by atoms with Crippen LogP contribution in [0.3, 0.4) is 0 Å². The Morgan fingerprint density at radius 3 is 2.69 bits per heavy atom. The number of benzene rings is 2. The molecule has 2 aromatic carbocycles. The normalized spacial score (nSPS) is 13.7. The van der Waals surface area contributed by atoms with Crippen LogP contribution in [0, 0.1) is 6.92 Å². The van der Waals surface area contributed by atoms with Gasteiger partial charge in [-0.05, 0) is 62.4 Å². The standard InChI is InChI=1S/C25H35N5O2/c1-4-26-24(27-13-12-21-16-19(2)10-11-23(21)32-3)28-18-20-8-7-9-22(17-20)29-25(31)30-14-5-6-15-30/h7-11,16-17H,4-6,12-15,18H2,1-3H3,(H,29,31)(H2,26,27,28). The quantitative estimate of drug-likeness (QED) is 0.432. The molecule has 7 nitrogen and oxygen atoms in total. The van der Waals surface area contributed by atoms with E-state index in [4.69, 9.17) is 9.73 Å². The van der Waals surface area contributed by atoms with Gasteiger partial charge >= 0.3 is 6.03 Å². The Morgan fingerprint density at radius 1 is 1.12 bits per heavy atom. The molecule has 0 atom stereocenters. The lowest BCUT2D eigenvalue weighted by Gasteiger charge is -2.16. The fraction of sp³-hybridized carbons (Fsp3) is 0.440. The van der Waals surface area contributed by atoms with Crippen molar-refractivity contribution in [2.45, 2.75) is 39.7 Å². The van der Waals surface area contributed by atoms with Crippen LogP contribution in [0.15, 0.2) is 47.5 Å². The van der Waals surface area contributed by atoms with Gasteiger partial charge in [0.15, 0.2) is 5.96 Å². The molecule has 3 rings (SSSR count). The van der Waals surface area contributed by atoms with E-state index in [-0.39, 0.29) is 6.03 Å². The van der Waals surface area contributed by atoms with Crippen molar-refractivity contribution < 1.29 is 9.53 Å². The SMILES string of the molecule is CCNC(=NCc1cccc(NC(=O)N2CCCC2)c1)NCCc1cc(C)ccc1OC. The van der Waals surface area contributed by atoms with Crippen molar-refractivity contribution in [2.75, 3.05) is 38.6 Å². The molecule has 0 aliphatic carbocycles. The molecule has 0 bridgehead atoms. The molecule has 1 aliphatic heterocycles. The summed E-state index contributed by atoms with van der Waals surface area (Å²) in [6.45, 7) is 7.86. The first-order valence-corrected chi connectivity index (χ1v) is 11.4. The monoisotopic (exact) mass is 437 g/mol. The van der Waals surface area contributed by atoms with E-state index in [2.05, 4.69) is 41.9 Å².